The fraction of sp³-hybridized carbons (Fsp3) is 0.682. The monoisotopic (exact) mass is 508 g/mol. The zero-order valence-electron chi connectivity index (χ0n) is 19.7. The third-order valence-corrected chi connectivity index (χ3v) is 8.78. The molecule has 192 valence electrons. The highest BCUT2D eigenvalue weighted by molar-refractivity contribution is 8.03. The maximum atomic E-state index is 12.9. The van der Waals surface area contributed by atoms with Crippen molar-refractivity contribution in [2.45, 2.75) is 62.5 Å². The van der Waals surface area contributed by atoms with Gasteiger partial charge < -0.3 is 37.0 Å². The molecule has 4 aliphatic rings. The van der Waals surface area contributed by atoms with E-state index < -0.39 is 42.2 Å². The Labute approximate surface area is 207 Å². The first-order valence-electron chi connectivity index (χ1n) is 11.8. The van der Waals surface area contributed by atoms with Gasteiger partial charge in [0.1, 0.15) is 12.1 Å². The van der Waals surface area contributed by atoms with Crippen molar-refractivity contribution in [2.75, 3.05) is 19.6 Å². The summed E-state index contributed by atoms with van der Waals surface area (Å²) in [4.78, 5) is 64.6. The second kappa shape index (κ2) is 9.78. The fourth-order valence-corrected chi connectivity index (χ4v) is 7.10. The van der Waals surface area contributed by atoms with Crippen LogP contribution in [0.3, 0.4) is 0 Å². The van der Waals surface area contributed by atoms with Gasteiger partial charge in [-0.15, -0.1) is 11.8 Å². The van der Waals surface area contributed by atoms with Gasteiger partial charge in [-0.1, -0.05) is 6.92 Å². The smallest absolute Gasteiger partial charge is 0.353 e. The molecule has 0 aromatic carbocycles. The molecule has 4 rings (SSSR count). The van der Waals surface area contributed by atoms with Crippen molar-refractivity contribution in [2.24, 2.45) is 23.3 Å². The van der Waals surface area contributed by atoms with Crippen LogP contribution in [0.25, 0.3) is 0 Å². The van der Waals surface area contributed by atoms with E-state index in [-0.39, 0.29) is 40.8 Å². The number of carbonyl (C=O) groups excluding carboxylic acids is 4. The molecular weight excluding hydrogens is 476 g/mol. The van der Waals surface area contributed by atoms with Crippen molar-refractivity contribution in [1.29, 1.82) is 0 Å². The van der Waals surface area contributed by atoms with Crippen molar-refractivity contribution in [3.8, 4) is 0 Å². The molecule has 7 atom stereocenters. The Bertz CT molecular complexity index is 987. The molecule has 0 unspecified atom stereocenters. The van der Waals surface area contributed by atoms with Crippen LogP contribution in [0.5, 0.6) is 0 Å². The van der Waals surface area contributed by atoms with Crippen molar-refractivity contribution in [3.63, 3.8) is 0 Å². The lowest BCUT2D eigenvalue weighted by atomic mass is 9.78. The number of β-lactam (4-membered cyclic amide) rings is 1. The number of nitrogens with one attached hydrogen (secondary N) is 2. The fourth-order valence-electron chi connectivity index (χ4n) is 5.62. The molecule has 4 amide bonds. The van der Waals surface area contributed by atoms with Crippen LogP contribution in [-0.2, 0) is 24.0 Å². The van der Waals surface area contributed by atoms with Crippen LogP contribution in [0, 0.1) is 11.8 Å². The topological polar surface area (TPSA) is 188 Å². The largest absolute Gasteiger partial charge is 0.477 e. The van der Waals surface area contributed by atoms with Crippen LogP contribution in [0.15, 0.2) is 10.6 Å². The number of nitrogens with zero attached hydrogens (tertiary/aromatic N) is 2. The van der Waals surface area contributed by atoms with E-state index in [1.807, 2.05) is 6.92 Å². The number of thioether (sulfide) groups is 1. The van der Waals surface area contributed by atoms with Gasteiger partial charge in [0.05, 0.1) is 18.0 Å². The minimum absolute atomic E-state index is 0.00567. The lowest BCUT2D eigenvalue weighted by molar-refractivity contribution is -0.158. The second-order valence-electron chi connectivity index (χ2n) is 9.80. The van der Waals surface area contributed by atoms with Gasteiger partial charge in [0.25, 0.3) is 0 Å². The normalized spacial score (nSPS) is 32.9. The summed E-state index contributed by atoms with van der Waals surface area (Å²) in [5.74, 6) is -3.73. The number of amides is 4. The lowest BCUT2D eigenvalue weighted by Crippen LogP contribution is -2.66. The van der Waals surface area contributed by atoms with Gasteiger partial charge in [0, 0.05) is 47.8 Å². The van der Waals surface area contributed by atoms with Crippen molar-refractivity contribution in [1.82, 2.24) is 20.4 Å². The zero-order valence-corrected chi connectivity index (χ0v) is 20.5. The van der Waals surface area contributed by atoms with Gasteiger partial charge in [-0.2, -0.15) is 0 Å². The standard InChI is InChI=1S/C22H32N6O6S/c1-9-17-16(10(2)26-15(30)6-14(24)29)21(32)28(17)18(22(33)34)19(9)35-12-5-13(25-7-12)20(31)27-4-3-11(23)8-27/h9-13,16-17,25H,3-8,23H2,1-2H3,(H2,24,29)(H,26,30)(H,33,34)/t9-,10-,11-,12+,13+,16-,17-/m1/s1. The Balaban J connectivity index is 1.43. The van der Waals surface area contributed by atoms with Gasteiger partial charge in [-0.05, 0) is 19.8 Å². The summed E-state index contributed by atoms with van der Waals surface area (Å²) >= 11 is 1.41. The number of carbonyl (C=O) groups is 5. The average molecular weight is 509 g/mol. The van der Waals surface area contributed by atoms with Gasteiger partial charge in [0.2, 0.25) is 23.6 Å². The highest BCUT2D eigenvalue weighted by Gasteiger charge is 2.60. The zero-order chi connectivity index (χ0) is 25.6. The van der Waals surface area contributed by atoms with Crippen molar-refractivity contribution >= 4 is 41.4 Å². The first kappa shape index (κ1) is 25.5. The Hall–Kier alpha value is -2.64. The number of carboxylic acid groups (broad SMARTS) is 1. The van der Waals surface area contributed by atoms with E-state index in [4.69, 9.17) is 11.5 Å². The SMILES string of the molecule is C[C@@H](NC(=O)CC(N)=O)[C@H]1C(=O)N2C(C(=O)O)=C(S[C@@H]3CN[C@H](C(=O)N4CC[C@@H](N)C4)C3)[C@H](C)[C@H]12. The molecule has 0 aromatic rings. The van der Waals surface area contributed by atoms with Gasteiger partial charge in [0.15, 0.2) is 0 Å². The average Bonchev–Trinajstić information content (AvgIpc) is 3.45. The molecule has 3 saturated heterocycles. The van der Waals surface area contributed by atoms with Crippen LogP contribution in [0.2, 0.25) is 0 Å². The van der Waals surface area contributed by atoms with E-state index in [1.165, 1.54) is 16.7 Å². The molecule has 35 heavy (non-hydrogen) atoms. The molecule has 4 heterocycles. The van der Waals surface area contributed by atoms with Crippen LogP contribution in [-0.4, -0.2) is 93.6 Å². The highest BCUT2D eigenvalue weighted by atomic mass is 32.2. The van der Waals surface area contributed by atoms with Gasteiger partial charge >= 0.3 is 5.97 Å². The first-order chi connectivity index (χ1) is 16.5. The van der Waals surface area contributed by atoms with Gasteiger partial charge in [-0.25, -0.2) is 4.79 Å². The molecule has 0 bridgehead atoms. The number of hydrogen-bond acceptors (Lipinski definition) is 8. The molecule has 13 heteroatoms. The third-order valence-electron chi connectivity index (χ3n) is 7.27. The number of likely N-dealkylation sites (tertiary alicyclic amines) is 1. The number of aliphatic carboxylic acids is 1. The molecule has 4 aliphatic heterocycles. The third kappa shape index (κ3) is 4.76. The first-order valence-corrected chi connectivity index (χ1v) is 12.7. The molecule has 0 radical (unpaired) electrons. The predicted octanol–water partition coefficient (Wildman–Crippen LogP) is -1.84. The van der Waals surface area contributed by atoms with Crippen LogP contribution in [0.4, 0.5) is 0 Å². The molecule has 7 N–H and O–H groups in total. The van der Waals surface area contributed by atoms with Crippen molar-refractivity contribution < 1.29 is 29.1 Å². The van der Waals surface area contributed by atoms with E-state index in [9.17, 15) is 29.1 Å². The summed E-state index contributed by atoms with van der Waals surface area (Å²) in [6, 6.07) is -1.32. The Morgan fingerprint density at radius 1 is 1.31 bits per heavy atom. The van der Waals surface area contributed by atoms with Gasteiger partial charge in [-0.3, -0.25) is 19.2 Å². The number of nitrogens with two attached hydrogens (primary N) is 2. The second-order valence-corrected chi connectivity index (χ2v) is 11.1. The minimum atomic E-state index is -1.18. The molecular formula is C22H32N6O6S. The van der Waals surface area contributed by atoms with Crippen molar-refractivity contribution in [3.05, 3.63) is 10.6 Å². The van der Waals surface area contributed by atoms with E-state index in [0.29, 0.717) is 31.0 Å². The molecule has 3 fully saturated rings. The Morgan fingerprint density at radius 2 is 2.03 bits per heavy atom. The summed E-state index contributed by atoms with van der Waals surface area (Å²) in [6.07, 6.45) is 0.865. The van der Waals surface area contributed by atoms with E-state index in [2.05, 4.69) is 10.6 Å². The maximum absolute atomic E-state index is 12.9. The maximum Gasteiger partial charge on any atom is 0.353 e. The number of hydrogen-bond donors (Lipinski definition) is 5. The number of carboxylic acids is 1. The molecule has 0 aliphatic carbocycles. The highest BCUT2D eigenvalue weighted by Crippen LogP contribution is 2.51. The number of rotatable bonds is 8. The molecule has 0 aromatic heterocycles. The molecule has 0 spiro atoms. The van der Waals surface area contributed by atoms with Crippen LogP contribution < -0.4 is 22.1 Å². The number of fused-ring (bicyclic) bond motifs is 1. The minimum Gasteiger partial charge on any atom is -0.477 e. The summed E-state index contributed by atoms with van der Waals surface area (Å²) in [5, 5.41) is 15.8. The Morgan fingerprint density at radius 3 is 2.63 bits per heavy atom. The molecule has 12 nitrogen and oxygen atoms in total. The lowest BCUT2D eigenvalue weighted by Gasteiger charge is -2.47. The van der Waals surface area contributed by atoms with E-state index in [0.717, 1.165) is 6.42 Å². The molecule has 0 saturated carbocycles. The summed E-state index contributed by atoms with van der Waals surface area (Å²) in [5.41, 5.74) is 11.0. The summed E-state index contributed by atoms with van der Waals surface area (Å²) in [7, 11) is 0. The van der Waals surface area contributed by atoms with E-state index in [1.54, 1.807) is 11.8 Å². The van der Waals surface area contributed by atoms with Crippen LogP contribution >= 0.6 is 11.8 Å². The summed E-state index contributed by atoms with van der Waals surface area (Å²) in [6.45, 7) is 5.29. The van der Waals surface area contributed by atoms with Crippen LogP contribution in [0.1, 0.15) is 33.1 Å². The number of primary amides is 1. The van der Waals surface area contributed by atoms with E-state index >= 15 is 0 Å². The quantitative estimate of drug-likeness (QED) is 0.185. The predicted molar refractivity (Wildman–Crippen MR) is 126 cm³/mol. The Kier molecular flexibility index (Phi) is 7.11. The summed E-state index contributed by atoms with van der Waals surface area (Å²) < 4.78 is 0.